The van der Waals surface area contributed by atoms with Gasteiger partial charge in [-0.25, -0.2) is 9.78 Å². The number of aliphatic hydroxyl groups excluding tert-OH is 1. The van der Waals surface area contributed by atoms with Crippen molar-refractivity contribution in [2.45, 2.75) is 38.8 Å². The summed E-state index contributed by atoms with van der Waals surface area (Å²) in [6, 6.07) is 0.0179. The van der Waals surface area contributed by atoms with E-state index in [4.69, 9.17) is 26.2 Å². The van der Waals surface area contributed by atoms with Crippen LogP contribution in [0, 0.1) is 0 Å². The Morgan fingerprint density at radius 2 is 2.29 bits per heavy atom. The predicted octanol–water partition coefficient (Wildman–Crippen LogP) is 1.92. The summed E-state index contributed by atoms with van der Waals surface area (Å²) >= 11 is 5.95. The first kappa shape index (κ1) is 18.5. The van der Waals surface area contributed by atoms with E-state index in [-0.39, 0.29) is 36.3 Å². The van der Waals surface area contributed by atoms with Crippen molar-refractivity contribution in [2.24, 2.45) is 0 Å². The fourth-order valence-electron chi connectivity index (χ4n) is 2.22. The number of rotatable bonds is 5. The highest BCUT2D eigenvalue weighted by Crippen LogP contribution is 2.23. The molecule has 1 atom stereocenters. The van der Waals surface area contributed by atoms with Gasteiger partial charge in [0.2, 0.25) is 11.8 Å². The van der Waals surface area contributed by atoms with Gasteiger partial charge in [-0.15, -0.1) is 0 Å². The molecule has 2 heterocycles. The van der Waals surface area contributed by atoms with E-state index in [9.17, 15) is 4.79 Å². The molecule has 0 aromatic carbocycles. The van der Waals surface area contributed by atoms with Gasteiger partial charge in [0.1, 0.15) is 17.2 Å². The number of ether oxygens (including phenoxy) is 2. The molecule has 2 rings (SSSR count). The van der Waals surface area contributed by atoms with E-state index in [0.29, 0.717) is 19.0 Å². The van der Waals surface area contributed by atoms with Crippen LogP contribution >= 0.6 is 11.6 Å². The van der Waals surface area contributed by atoms with E-state index in [1.165, 1.54) is 6.20 Å². The molecule has 8 nitrogen and oxygen atoms in total. The Labute approximate surface area is 146 Å². The number of anilines is 1. The molecule has 0 unspecified atom stereocenters. The number of hydrogen-bond acceptors (Lipinski definition) is 7. The summed E-state index contributed by atoms with van der Waals surface area (Å²) < 4.78 is 10.6. The molecule has 0 aliphatic carbocycles. The second-order valence-electron chi connectivity index (χ2n) is 6.48. The molecule has 2 N–H and O–H groups in total. The Hall–Kier alpha value is -1.80. The number of amides is 1. The zero-order valence-electron chi connectivity index (χ0n) is 14.1. The number of hydrogen-bond donors (Lipinski definition) is 2. The van der Waals surface area contributed by atoms with Crippen LogP contribution in [0.2, 0.25) is 5.02 Å². The molecule has 1 saturated heterocycles. The van der Waals surface area contributed by atoms with Crippen LogP contribution in [0.5, 0.6) is 5.88 Å². The number of carbonyl (C=O) groups excluding carboxylic acids is 1. The first-order valence-electron chi connectivity index (χ1n) is 7.79. The second kappa shape index (κ2) is 7.85. The summed E-state index contributed by atoms with van der Waals surface area (Å²) in [4.78, 5) is 22.0. The average Bonchev–Trinajstić information content (AvgIpc) is 2.95. The van der Waals surface area contributed by atoms with Gasteiger partial charge in [0, 0.05) is 19.1 Å². The lowest BCUT2D eigenvalue weighted by molar-refractivity contribution is 0.0293. The first-order valence-corrected chi connectivity index (χ1v) is 8.17. The molecule has 0 bridgehead atoms. The molecular formula is C15H23ClN4O4. The predicted molar refractivity (Wildman–Crippen MR) is 89.5 cm³/mol. The third kappa shape index (κ3) is 5.38. The monoisotopic (exact) mass is 358 g/mol. The number of aromatic nitrogens is 2. The van der Waals surface area contributed by atoms with E-state index >= 15 is 0 Å². The van der Waals surface area contributed by atoms with Gasteiger partial charge < -0.3 is 24.8 Å². The van der Waals surface area contributed by atoms with Crippen LogP contribution in [0.1, 0.15) is 27.2 Å². The van der Waals surface area contributed by atoms with Gasteiger partial charge in [-0.2, -0.15) is 4.98 Å². The Balaban J connectivity index is 1.92. The average molecular weight is 359 g/mol. The molecule has 1 aliphatic rings. The summed E-state index contributed by atoms with van der Waals surface area (Å²) in [6.45, 7) is 6.61. The molecule has 0 saturated carbocycles. The maximum atomic E-state index is 12.1. The van der Waals surface area contributed by atoms with Crippen LogP contribution in [-0.2, 0) is 4.74 Å². The Kier molecular flexibility index (Phi) is 6.06. The highest BCUT2D eigenvalue weighted by molar-refractivity contribution is 6.31. The third-order valence-electron chi connectivity index (χ3n) is 3.22. The molecule has 0 spiro atoms. The zero-order chi connectivity index (χ0) is 17.7. The minimum atomic E-state index is -0.513. The van der Waals surface area contributed by atoms with Crippen LogP contribution in [0.3, 0.4) is 0 Å². The lowest BCUT2D eigenvalue weighted by Crippen LogP contribution is -2.36. The van der Waals surface area contributed by atoms with Gasteiger partial charge in [0.25, 0.3) is 0 Å². The summed E-state index contributed by atoms with van der Waals surface area (Å²) in [5.41, 5.74) is -0.513. The molecule has 1 aromatic heterocycles. The van der Waals surface area contributed by atoms with Crippen LogP contribution in [-0.4, -0.2) is 64.0 Å². The number of carbonyl (C=O) groups is 1. The molecule has 9 heteroatoms. The minimum Gasteiger partial charge on any atom is -0.474 e. The normalized spacial score (nSPS) is 17.7. The maximum absolute atomic E-state index is 12.1. The SMILES string of the molecule is CC(C)(C)OC(=O)N1CC[C@@H](Nc2ncc(Cl)c(OCCO)n2)C1. The molecule has 0 radical (unpaired) electrons. The summed E-state index contributed by atoms with van der Waals surface area (Å²) in [5.74, 6) is 0.577. The first-order chi connectivity index (χ1) is 11.3. The van der Waals surface area contributed by atoms with Crippen molar-refractivity contribution in [2.75, 3.05) is 31.6 Å². The van der Waals surface area contributed by atoms with Crippen LogP contribution in [0.25, 0.3) is 0 Å². The van der Waals surface area contributed by atoms with Crippen molar-refractivity contribution >= 4 is 23.6 Å². The summed E-state index contributed by atoms with van der Waals surface area (Å²) in [5, 5.41) is 12.2. The third-order valence-corrected chi connectivity index (χ3v) is 3.47. The van der Waals surface area contributed by atoms with E-state index in [1.54, 1.807) is 4.90 Å². The Morgan fingerprint density at radius 3 is 2.96 bits per heavy atom. The van der Waals surface area contributed by atoms with Gasteiger partial charge in [0.05, 0.1) is 12.8 Å². The van der Waals surface area contributed by atoms with Gasteiger partial charge in [-0.05, 0) is 27.2 Å². The molecule has 1 amide bonds. The lowest BCUT2D eigenvalue weighted by atomic mass is 10.2. The second-order valence-corrected chi connectivity index (χ2v) is 6.88. The Morgan fingerprint density at radius 1 is 1.54 bits per heavy atom. The van der Waals surface area contributed by atoms with Crippen molar-refractivity contribution < 1.29 is 19.4 Å². The molecule has 134 valence electrons. The van der Waals surface area contributed by atoms with Crippen LogP contribution < -0.4 is 10.1 Å². The minimum absolute atomic E-state index is 0.0179. The van der Waals surface area contributed by atoms with Crippen molar-refractivity contribution in [3.05, 3.63) is 11.2 Å². The van der Waals surface area contributed by atoms with Crippen LogP contribution in [0.4, 0.5) is 10.7 Å². The van der Waals surface area contributed by atoms with Gasteiger partial charge in [-0.3, -0.25) is 0 Å². The van der Waals surface area contributed by atoms with E-state index < -0.39 is 5.60 Å². The molecular weight excluding hydrogens is 336 g/mol. The Bertz CT molecular complexity index is 579. The fraction of sp³-hybridized carbons (Fsp3) is 0.667. The van der Waals surface area contributed by atoms with Gasteiger partial charge >= 0.3 is 6.09 Å². The van der Waals surface area contributed by atoms with Crippen molar-refractivity contribution in [1.29, 1.82) is 0 Å². The zero-order valence-corrected chi connectivity index (χ0v) is 14.8. The fourth-order valence-corrected chi connectivity index (χ4v) is 2.36. The maximum Gasteiger partial charge on any atom is 0.410 e. The summed E-state index contributed by atoms with van der Waals surface area (Å²) in [7, 11) is 0. The van der Waals surface area contributed by atoms with E-state index in [2.05, 4.69) is 15.3 Å². The van der Waals surface area contributed by atoms with Gasteiger partial charge in [0.15, 0.2) is 0 Å². The summed E-state index contributed by atoms with van der Waals surface area (Å²) in [6.07, 6.45) is 1.87. The number of aliphatic hydroxyl groups is 1. The number of halogens is 1. The van der Waals surface area contributed by atoms with Crippen molar-refractivity contribution in [3.63, 3.8) is 0 Å². The number of nitrogens with one attached hydrogen (secondary N) is 1. The largest absolute Gasteiger partial charge is 0.474 e. The molecule has 1 fully saturated rings. The highest BCUT2D eigenvalue weighted by Gasteiger charge is 2.30. The smallest absolute Gasteiger partial charge is 0.410 e. The van der Waals surface area contributed by atoms with Crippen molar-refractivity contribution in [3.8, 4) is 5.88 Å². The molecule has 1 aromatic rings. The lowest BCUT2D eigenvalue weighted by Gasteiger charge is -2.24. The number of likely N-dealkylation sites (tertiary alicyclic amines) is 1. The standard InChI is InChI=1S/C15H23ClN4O4/c1-15(2,3)24-14(22)20-5-4-10(9-20)18-13-17-8-11(16)12(19-13)23-7-6-21/h8,10,21H,4-7,9H2,1-3H3,(H,17,18,19)/t10-/m1/s1. The molecule has 24 heavy (non-hydrogen) atoms. The van der Waals surface area contributed by atoms with E-state index in [0.717, 1.165) is 6.42 Å². The van der Waals surface area contributed by atoms with Gasteiger partial charge in [-0.1, -0.05) is 11.6 Å². The quantitative estimate of drug-likeness (QED) is 0.829. The van der Waals surface area contributed by atoms with Crippen molar-refractivity contribution in [1.82, 2.24) is 14.9 Å². The molecule has 1 aliphatic heterocycles. The number of nitrogens with zero attached hydrogens (tertiary/aromatic N) is 3. The van der Waals surface area contributed by atoms with Crippen LogP contribution in [0.15, 0.2) is 6.20 Å². The topological polar surface area (TPSA) is 96.8 Å². The van der Waals surface area contributed by atoms with E-state index in [1.807, 2.05) is 20.8 Å². The highest BCUT2D eigenvalue weighted by atomic mass is 35.5.